The van der Waals surface area contributed by atoms with Crippen LogP contribution in [0.2, 0.25) is 0 Å². The summed E-state index contributed by atoms with van der Waals surface area (Å²) in [5.41, 5.74) is 3.81. The fourth-order valence-electron chi connectivity index (χ4n) is 2.47. The number of carbonyl (C=O) groups is 1. The Kier molecular flexibility index (Phi) is 3.78. The summed E-state index contributed by atoms with van der Waals surface area (Å²) in [5, 5.41) is 14.5. The van der Waals surface area contributed by atoms with Crippen LogP contribution >= 0.6 is 11.3 Å². The fourth-order valence-corrected chi connectivity index (χ4v) is 3.03. The Morgan fingerprint density at radius 3 is 2.67 bits per heavy atom. The summed E-state index contributed by atoms with van der Waals surface area (Å²) >= 11 is 1.55. The van der Waals surface area contributed by atoms with Crippen molar-refractivity contribution in [1.29, 1.82) is 0 Å². The second kappa shape index (κ2) is 5.58. The summed E-state index contributed by atoms with van der Waals surface area (Å²) < 4.78 is 0. The van der Waals surface area contributed by atoms with Gasteiger partial charge in [-0.1, -0.05) is 12.1 Å². The predicted molar refractivity (Wildman–Crippen MR) is 83.2 cm³/mol. The van der Waals surface area contributed by atoms with Crippen molar-refractivity contribution in [2.45, 2.75) is 25.3 Å². The summed E-state index contributed by atoms with van der Waals surface area (Å²) in [5.74, 6) is 0.254. The SMILES string of the molecule is CC(CO)(NC(=O)c1ccc(-c2cscn2)cc1)C1CC1. The molecule has 3 rings (SSSR count). The molecule has 0 aliphatic heterocycles. The molecular formula is C16H18N2O2S. The average molecular weight is 302 g/mol. The van der Waals surface area contributed by atoms with Gasteiger partial charge in [0.15, 0.2) is 0 Å². The van der Waals surface area contributed by atoms with Gasteiger partial charge in [0.25, 0.3) is 5.91 Å². The normalized spacial score (nSPS) is 17.2. The average Bonchev–Trinajstić information content (AvgIpc) is 3.23. The van der Waals surface area contributed by atoms with Gasteiger partial charge in [0, 0.05) is 16.5 Å². The van der Waals surface area contributed by atoms with Crippen LogP contribution in [0, 0.1) is 5.92 Å². The molecule has 1 saturated carbocycles. The number of rotatable bonds is 5. The van der Waals surface area contributed by atoms with E-state index in [0.717, 1.165) is 24.1 Å². The molecule has 1 fully saturated rings. The maximum Gasteiger partial charge on any atom is 0.251 e. The standard InChI is InChI=1S/C16H18N2O2S/c1-16(9-19,13-6-7-13)18-15(20)12-4-2-11(3-5-12)14-8-21-10-17-14/h2-5,8,10,13,19H,6-7,9H2,1H3,(H,18,20). The second-order valence-corrected chi connectivity index (χ2v) is 6.47. The second-order valence-electron chi connectivity index (χ2n) is 5.76. The maximum absolute atomic E-state index is 12.3. The monoisotopic (exact) mass is 302 g/mol. The number of aromatic nitrogens is 1. The molecule has 0 radical (unpaired) electrons. The lowest BCUT2D eigenvalue weighted by molar-refractivity contribution is 0.0824. The van der Waals surface area contributed by atoms with Crippen molar-refractivity contribution in [1.82, 2.24) is 10.3 Å². The van der Waals surface area contributed by atoms with E-state index in [0.29, 0.717) is 11.5 Å². The van der Waals surface area contributed by atoms with Crippen molar-refractivity contribution < 1.29 is 9.90 Å². The number of hydrogen-bond acceptors (Lipinski definition) is 4. The number of nitrogens with one attached hydrogen (secondary N) is 1. The zero-order chi connectivity index (χ0) is 14.9. The van der Waals surface area contributed by atoms with Gasteiger partial charge in [-0.05, 0) is 37.8 Å². The van der Waals surface area contributed by atoms with Gasteiger partial charge in [0.05, 0.1) is 23.4 Å². The van der Waals surface area contributed by atoms with Crippen LogP contribution in [-0.2, 0) is 0 Å². The maximum atomic E-state index is 12.3. The number of hydrogen-bond donors (Lipinski definition) is 2. The molecule has 1 aliphatic carbocycles. The summed E-state index contributed by atoms with van der Waals surface area (Å²) in [4.78, 5) is 16.6. The van der Waals surface area contributed by atoms with E-state index in [1.165, 1.54) is 0 Å². The van der Waals surface area contributed by atoms with Crippen LogP contribution in [0.25, 0.3) is 11.3 Å². The molecule has 1 unspecified atom stereocenters. The largest absolute Gasteiger partial charge is 0.394 e. The Labute approximate surface area is 127 Å². The summed E-state index contributed by atoms with van der Waals surface area (Å²) in [6.07, 6.45) is 2.14. The molecule has 0 saturated heterocycles. The molecule has 4 nitrogen and oxygen atoms in total. The van der Waals surface area contributed by atoms with Crippen LogP contribution in [0.4, 0.5) is 0 Å². The predicted octanol–water partition coefficient (Wildman–Crippen LogP) is 2.70. The molecule has 1 aromatic carbocycles. The zero-order valence-corrected chi connectivity index (χ0v) is 12.7. The molecule has 1 heterocycles. The van der Waals surface area contributed by atoms with Gasteiger partial charge in [-0.2, -0.15) is 0 Å². The van der Waals surface area contributed by atoms with Gasteiger partial charge < -0.3 is 10.4 Å². The molecule has 1 aromatic heterocycles. The van der Waals surface area contributed by atoms with E-state index in [4.69, 9.17) is 0 Å². The molecule has 0 spiro atoms. The first kappa shape index (κ1) is 14.2. The highest BCUT2D eigenvalue weighted by atomic mass is 32.1. The molecule has 2 N–H and O–H groups in total. The number of aliphatic hydroxyl groups excluding tert-OH is 1. The van der Waals surface area contributed by atoms with Crippen LogP contribution in [0.3, 0.4) is 0 Å². The number of amides is 1. The molecule has 1 aliphatic rings. The van der Waals surface area contributed by atoms with Crippen molar-refractivity contribution in [3.05, 3.63) is 40.7 Å². The summed E-state index contributed by atoms with van der Waals surface area (Å²) in [6, 6.07) is 7.40. The van der Waals surface area contributed by atoms with E-state index in [-0.39, 0.29) is 12.5 Å². The zero-order valence-electron chi connectivity index (χ0n) is 11.9. The summed E-state index contributed by atoms with van der Waals surface area (Å²) in [6.45, 7) is 1.88. The lowest BCUT2D eigenvalue weighted by atomic mass is 9.96. The van der Waals surface area contributed by atoms with Gasteiger partial charge >= 0.3 is 0 Å². The van der Waals surface area contributed by atoms with Crippen molar-refractivity contribution in [2.24, 2.45) is 5.92 Å². The quantitative estimate of drug-likeness (QED) is 0.892. The Balaban J connectivity index is 1.73. The van der Waals surface area contributed by atoms with Gasteiger partial charge in [-0.3, -0.25) is 4.79 Å². The summed E-state index contributed by atoms with van der Waals surface area (Å²) in [7, 11) is 0. The van der Waals surface area contributed by atoms with E-state index in [1.807, 2.05) is 24.4 Å². The van der Waals surface area contributed by atoms with Crippen LogP contribution in [0.5, 0.6) is 0 Å². The third-order valence-corrected chi connectivity index (χ3v) is 4.67. The van der Waals surface area contributed by atoms with Gasteiger partial charge in [0.1, 0.15) is 0 Å². The highest BCUT2D eigenvalue weighted by molar-refractivity contribution is 7.07. The Bertz CT molecular complexity index is 620. The van der Waals surface area contributed by atoms with Crippen molar-refractivity contribution in [3.8, 4) is 11.3 Å². The Hall–Kier alpha value is -1.72. The smallest absolute Gasteiger partial charge is 0.251 e. The van der Waals surface area contributed by atoms with E-state index in [2.05, 4.69) is 10.3 Å². The first-order chi connectivity index (χ1) is 10.1. The van der Waals surface area contributed by atoms with Crippen molar-refractivity contribution in [2.75, 3.05) is 6.61 Å². The molecule has 1 amide bonds. The number of carbonyl (C=O) groups excluding carboxylic acids is 1. The topological polar surface area (TPSA) is 62.2 Å². The van der Waals surface area contributed by atoms with E-state index in [9.17, 15) is 9.90 Å². The van der Waals surface area contributed by atoms with Crippen LogP contribution in [0.1, 0.15) is 30.1 Å². The minimum Gasteiger partial charge on any atom is -0.394 e. The minimum atomic E-state index is -0.509. The highest BCUT2D eigenvalue weighted by Gasteiger charge is 2.42. The van der Waals surface area contributed by atoms with Gasteiger partial charge in [0.2, 0.25) is 0 Å². The van der Waals surface area contributed by atoms with Crippen LogP contribution in [0.15, 0.2) is 35.2 Å². The lowest BCUT2D eigenvalue weighted by Gasteiger charge is -2.28. The number of aliphatic hydroxyl groups is 1. The minimum absolute atomic E-state index is 0.0275. The third-order valence-electron chi connectivity index (χ3n) is 4.08. The van der Waals surface area contributed by atoms with Crippen molar-refractivity contribution >= 4 is 17.2 Å². The third kappa shape index (κ3) is 2.99. The van der Waals surface area contributed by atoms with Crippen LogP contribution in [-0.4, -0.2) is 28.1 Å². The Morgan fingerprint density at radius 2 is 2.14 bits per heavy atom. The number of nitrogens with zero attached hydrogens (tertiary/aromatic N) is 1. The van der Waals surface area contributed by atoms with Crippen molar-refractivity contribution in [3.63, 3.8) is 0 Å². The van der Waals surface area contributed by atoms with E-state index < -0.39 is 5.54 Å². The first-order valence-electron chi connectivity index (χ1n) is 7.04. The van der Waals surface area contributed by atoms with E-state index in [1.54, 1.807) is 29.0 Å². The van der Waals surface area contributed by atoms with E-state index >= 15 is 0 Å². The fraction of sp³-hybridized carbons (Fsp3) is 0.375. The lowest BCUT2D eigenvalue weighted by Crippen LogP contribution is -2.50. The molecule has 110 valence electrons. The molecule has 0 bridgehead atoms. The Morgan fingerprint density at radius 1 is 1.43 bits per heavy atom. The first-order valence-corrected chi connectivity index (χ1v) is 7.99. The molecular weight excluding hydrogens is 284 g/mol. The van der Waals surface area contributed by atoms with Gasteiger partial charge in [-0.15, -0.1) is 11.3 Å². The molecule has 5 heteroatoms. The van der Waals surface area contributed by atoms with Crippen LogP contribution < -0.4 is 5.32 Å². The highest BCUT2D eigenvalue weighted by Crippen LogP contribution is 2.39. The number of thiazole rings is 1. The molecule has 2 aromatic rings. The number of benzene rings is 1. The molecule has 21 heavy (non-hydrogen) atoms. The van der Waals surface area contributed by atoms with Gasteiger partial charge in [-0.25, -0.2) is 4.98 Å². The molecule has 1 atom stereocenters.